The first kappa shape index (κ1) is 25.8. The van der Waals surface area contributed by atoms with Crippen LogP contribution in [0.2, 0.25) is 0 Å². The number of amides is 1. The second-order valence-corrected chi connectivity index (χ2v) is 9.34. The fraction of sp³-hybridized carbons (Fsp3) is 0.318. The Kier molecular flexibility index (Phi) is 8.55. The number of anilines is 1. The summed E-state index contributed by atoms with van der Waals surface area (Å²) in [5, 5.41) is 2.53. The summed E-state index contributed by atoms with van der Waals surface area (Å²) in [7, 11) is 0.535. The van der Waals surface area contributed by atoms with Crippen LogP contribution in [0.15, 0.2) is 41.3 Å². The van der Waals surface area contributed by atoms with Crippen LogP contribution in [0.4, 0.5) is 5.69 Å². The van der Waals surface area contributed by atoms with Gasteiger partial charge in [0.1, 0.15) is 0 Å². The van der Waals surface area contributed by atoms with Crippen molar-refractivity contribution in [1.29, 1.82) is 0 Å². The zero-order chi connectivity index (χ0) is 24.8. The average molecular weight is 479 g/mol. The molecule has 1 amide bonds. The molecule has 0 radical (unpaired) electrons. The first-order valence-electron chi connectivity index (χ1n) is 9.76. The minimum Gasteiger partial charge on any atom is -0.493 e. The van der Waals surface area contributed by atoms with E-state index in [1.807, 2.05) is 0 Å². The van der Waals surface area contributed by atoms with E-state index in [1.54, 1.807) is 13.0 Å². The number of benzene rings is 2. The molecule has 2 rings (SSSR count). The number of methoxy groups -OCH3 is 1. The topological polar surface area (TPSA) is 128 Å². The summed E-state index contributed by atoms with van der Waals surface area (Å²) in [6.07, 6.45) is 0. The molecule has 10 nitrogen and oxygen atoms in total. The van der Waals surface area contributed by atoms with Crippen LogP contribution in [-0.4, -0.2) is 64.8 Å². The zero-order valence-corrected chi connectivity index (χ0v) is 19.8. The maximum Gasteiger partial charge on any atom is 0.344 e. The van der Waals surface area contributed by atoms with Gasteiger partial charge in [-0.25, -0.2) is 17.5 Å². The van der Waals surface area contributed by atoms with E-state index in [1.165, 1.54) is 58.5 Å². The third-order valence-corrected chi connectivity index (χ3v) is 6.35. The molecule has 33 heavy (non-hydrogen) atoms. The van der Waals surface area contributed by atoms with Gasteiger partial charge >= 0.3 is 5.97 Å². The van der Waals surface area contributed by atoms with E-state index in [-0.39, 0.29) is 27.9 Å². The normalized spacial score (nSPS) is 11.1. The predicted molar refractivity (Wildman–Crippen MR) is 120 cm³/mol. The van der Waals surface area contributed by atoms with E-state index in [9.17, 15) is 22.8 Å². The Morgan fingerprint density at radius 1 is 1.00 bits per heavy atom. The number of aryl methyl sites for hydroxylation is 1. The lowest BCUT2D eigenvalue weighted by molar-refractivity contribution is -0.149. The van der Waals surface area contributed by atoms with Gasteiger partial charge in [-0.2, -0.15) is 0 Å². The van der Waals surface area contributed by atoms with Crippen molar-refractivity contribution in [3.05, 3.63) is 47.5 Å². The van der Waals surface area contributed by atoms with Gasteiger partial charge in [0, 0.05) is 25.3 Å². The Balaban J connectivity index is 1.94. The van der Waals surface area contributed by atoms with Gasteiger partial charge in [0.05, 0.1) is 12.0 Å². The smallest absolute Gasteiger partial charge is 0.344 e. The number of esters is 1. The second-order valence-electron chi connectivity index (χ2n) is 7.18. The highest BCUT2D eigenvalue weighted by atomic mass is 32.2. The van der Waals surface area contributed by atoms with Gasteiger partial charge in [0.2, 0.25) is 10.0 Å². The number of ether oxygens (including phenoxy) is 3. The fourth-order valence-corrected chi connectivity index (χ4v) is 3.55. The molecule has 0 fully saturated rings. The SMILES string of the molecule is COc1cc(C(C)=O)ccc1OCC(=O)OCC(=O)Nc1cc(S(=O)(=O)N(C)C)ccc1C. The third kappa shape index (κ3) is 6.77. The maximum atomic E-state index is 12.3. The second kappa shape index (κ2) is 10.9. The molecule has 0 saturated carbocycles. The monoisotopic (exact) mass is 478 g/mol. The van der Waals surface area contributed by atoms with Gasteiger partial charge < -0.3 is 19.5 Å². The van der Waals surface area contributed by atoms with Crippen molar-refractivity contribution in [1.82, 2.24) is 4.31 Å². The Bertz CT molecular complexity index is 1160. The van der Waals surface area contributed by atoms with Gasteiger partial charge in [-0.15, -0.1) is 0 Å². The fourth-order valence-electron chi connectivity index (χ4n) is 2.62. The molecular formula is C22H26N2O8S. The Morgan fingerprint density at radius 3 is 2.30 bits per heavy atom. The van der Waals surface area contributed by atoms with Gasteiger partial charge in [0.25, 0.3) is 5.91 Å². The van der Waals surface area contributed by atoms with Gasteiger partial charge in [0.15, 0.2) is 30.5 Å². The van der Waals surface area contributed by atoms with Crippen LogP contribution in [0.25, 0.3) is 0 Å². The lowest BCUT2D eigenvalue weighted by atomic mass is 10.1. The van der Waals surface area contributed by atoms with E-state index in [4.69, 9.17) is 14.2 Å². The van der Waals surface area contributed by atoms with Crippen LogP contribution in [0.3, 0.4) is 0 Å². The number of carbonyl (C=O) groups excluding carboxylic acids is 3. The molecule has 0 aliphatic heterocycles. The number of rotatable bonds is 10. The van der Waals surface area contributed by atoms with Gasteiger partial charge in [-0.3, -0.25) is 9.59 Å². The van der Waals surface area contributed by atoms with Crippen LogP contribution in [-0.2, 0) is 24.3 Å². The van der Waals surface area contributed by atoms with E-state index in [0.717, 1.165) is 4.31 Å². The lowest BCUT2D eigenvalue weighted by Crippen LogP contribution is -2.25. The molecule has 0 aromatic heterocycles. The summed E-state index contributed by atoms with van der Waals surface area (Å²) >= 11 is 0. The minimum absolute atomic E-state index is 0.0172. The Labute approximate surface area is 192 Å². The minimum atomic E-state index is -3.67. The first-order valence-corrected chi connectivity index (χ1v) is 11.2. The standard InChI is InChI=1S/C22H26N2O8S/c1-14-6-8-17(33(28,29)24(3)4)11-18(14)23-21(26)12-32-22(27)13-31-19-9-7-16(15(2)25)10-20(19)30-5/h6-11H,12-13H2,1-5H3,(H,23,26). The van der Waals surface area contributed by atoms with Crippen LogP contribution in [0.1, 0.15) is 22.8 Å². The van der Waals surface area contributed by atoms with Crippen molar-refractivity contribution in [3.8, 4) is 11.5 Å². The highest BCUT2D eigenvalue weighted by molar-refractivity contribution is 7.89. The van der Waals surface area contributed by atoms with Crippen molar-refractivity contribution in [3.63, 3.8) is 0 Å². The van der Waals surface area contributed by atoms with Crippen LogP contribution < -0.4 is 14.8 Å². The number of sulfonamides is 1. The average Bonchev–Trinajstić information content (AvgIpc) is 2.77. The molecule has 1 N–H and O–H groups in total. The van der Waals surface area contributed by atoms with Crippen LogP contribution in [0.5, 0.6) is 11.5 Å². The van der Waals surface area contributed by atoms with Crippen LogP contribution in [0, 0.1) is 6.92 Å². The molecule has 0 heterocycles. The summed E-state index contributed by atoms with van der Waals surface area (Å²) in [4.78, 5) is 35.6. The van der Waals surface area contributed by atoms with Crippen molar-refractivity contribution in [2.24, 2.45) is 0 Å². The molecule has 0 saturated heterocycles. The summed E-state index contributed by atoms with van der Waals surface area (Å²) in [6, 6.07) is 8.86. The molecule has 2 aromatic rings. The molecule has 0 aliphatic carbocycles. The Morgan fingerprint density at radius 2 is 1.70 bits per heavy atom. The number of nitrogens with zero attached hydrogens (tertiary/aromatic N) is 1. The molecular weight excluding hydrogens is 452 g/mol. The summed E-state index contributed by atoms with van der Waals surface area (Å²) in [6.45, 7) is 2.04. The number of hydrogen-bond donors (Lipinski definition) is 1. The summed E-state index contributed by atoms with van der Waals surface area (Å²) < 4.78 is 41.1. The Hall–Kier alpha value is -3.44. The number of carbonyl (C=O) groups is 3. The van der Waals surface area contributed by atoms with Crippen molar-refractivity contribution < 1.29 is 37.0 Å². The summed E-state index contributed by atoms with van der Waals surface area (Å²) in [5.41, 5.74) is 1.35. The maximum absolute atomic E-state index is 12.3. The van der Waals surface area contributed by atoms with Gasteiger partial charge in [-0.05, 0) is 49.7 Å². The van der Waals surface area contributed by atoms with Crippen LogP contribution >= 0.6 is 0 Å². The molecule has 0 aliphatic rings. The molecule has 0 bridgehead atoms. The first-order chi connectivity index (χ1) is 15.4. The number of ketones is 1. The summed E-state index contributed by atoms with van der Waals surface area (Å²) in [5.74, 6) is -1.09. The zero-order valence-electron chi connectivity index (χ0n) is 19.0. The van der Waals surface area contributed by atoms with E-state index in [2.05, 4.69) is 5.32 Å². The number of Topliss-reactive ketones (excluding diaryl/α,β-unsaturated/α-hetero) is 1. The number of hydrogen-bond acceptors (Lipinski definition) is 8. The highest BCUT2D eigenvalue weighted by Crippen LogP contribution is 2.28. The van der Waals surface area contributed by atoms with Gasteiger partial charge in [-0.1, -0.05) is 6.07 Å². The van der Waals surface area contributed by atoms with E-state index < -0.39 is 35.1 Å². The number of nitrogens with one attached hydrogen (secondary N) is 1. The van der Waals surface area contributed by atoms with E-state index in [0.29, 0.717) is 11.1 Å². The predicted octanol–water partition coefficient (Wildman–Crippen LogP) is 2.02. The molecule has 178 valence electrons. The largest absolute Gasteiger partial charge is 0.493 e. The quantitative estimate of drug-likeness (QED) is 0.406. The molecule has 0 spiro atoms. The van der Waals surface area contributed by atoms with E-state index >= 15 is 0 Å². The van der Waals surface area contributed by atoms with Crippen molar-refractivity contribution in [2.75, 3.05) is 39.7 Å². The highest BCUT2D eigenvalue weighted by Gasteiger charge is 2.19. The van der Waals surface area contributed by atoms with Crippen molar-refractivity contribution >= 4 is 33.4 Å². The lowest BCUT2D eigenvalue weighted by Gasteiger charge is -2.14. The molecule has 2 aromatic carbocycles. The molecule has 11 heteroatoms. The third-order valence-electron chi connectivity index (χ3n) is 4.54. The molecule has 0 atom stereocenters. The molecule has 0 unspecified atom stereocenters. The van der Waals surface area contributed by atoms with Crippen molar-refractivity contribution in [2.45, 2.75) is 18.7 Å².